The topological polar surface area (TPSA) is 57.0 Å². The van der Waals surface area contributed by atoms with Crippen molar-refractivity contribution in [2.24, 2.45) is 7.05 Å². The van der Waals surface area contributed by atoms with Crippen molar-refractivity contribution in [2.45, 2.75) is 19.6 Å². The van der Waals surface area contributed by atoms with Gasteiger partial charge in [0.25, 0.3) is 5.56 Å². The quantitative estimate of drug-likeness (QED) is 0.657. The number of benzene rings is 1. The van der Waals surface area contributed by atoms with E-state index in [1.165, 1.54) is 16.7 Å². The summed E-state index contributed by atoms with van der Waals surface area (Å²) in [7, 11) is 1.70. The van der Waals surface area contributed by atoms with Crippen molar-refractivity contribution in [3.8, 4) is 22.8 Å². The fourth-order valence-corrected chi connectivity index (χ4v) is 3.14. The molecule has 1 aromatic carbocycles. The number of nitrogens with zero attached hydrogens (tertiary/aromatic N) is 3. The number of hydrogen-bond donors (Lipinski definition) is 0. The SMILES string of the molecule is CSCc1ncc(Oc2ccc(F)cc2C)c(-c2cc(C)c(=O)n(C)c2)n1. The van der Waals surface area contributed by atoms with Crippen LogP contribution >= 0.6 is 11.8 Å². The van der Waals surface area contributed by atoms with Gasteiger partial charge in [-0.25, -0.2) is 14.4 Å². The molecule has 0 aliphatic carbocycles. The third-order valence-electron chi connectivity index (χ3n) is 4.07. The summed E-state index contributed by atoms with van der Waals surface area (Å²) in [6.45, 7) is 3.54. The van der Waals surface area contributed by atoms with E-state index in [0.29, 0.717) is 39.9 Å². The van der Waals surface area contributed by atoms with Crippen LogP contribution in [0.5, 0.6) is 11.5 Å². The summed E-state index contributed by atoms with van der Waals surface area (Å²) < 4.78 is 20.9. The van der Waals surface area contributed by atoms with Crippen molar-refractivity contribution in [1.29, 1.82) is 0 Å². The Morgan fingerprint density at radius 1 is 1.19 bits per heavy atom. The number of pyridine rings is 1. The first-order chi connectivity index (χ1) is 12.9. The molecule has 3 rings (SSSR count). The molecule has 0 radical (unpaired) electrons. The fourth-order valence-electron chi connectivity index (χ4n) is 2.74. The van der Waals surface area contributed by atoms with Crippen molar-refractivity contribution in [3.05, 3.63) is 69.8 Å². The first kappa shape index (κ1) is 19.1. The zero-order valence-electron chi connectivity index (χ0n) is 15.6. The maximum atomic E-state index is 13.4. The molecule has 2 aromatic heterocycles. The van der Waals surface area contributed by atoms with Crippen LogP contribution in [0.2, 0.25) is 0 Å². The minimum atomic E-state index is -0.319. The van der Waals surface area contributed by atoms with Crippen LogP contribution in [0.3, 0.4) is 0 Å². The molecule has 140 valence electrons. The van der Waals surface area contributed by atoms with E-state index in [9.17, 15) is 9.18 Å². The van der Waals surface area contributed by atoms with Crippen LogP contribution < -0.4 is 10.3 Å². The second-order valence-electron chi connectivity index (χ2n) is 6.27. The Morgan fingerprint density at radius 2 is 1.96 bits per heavy atom. The van der Waals surface area contributed by atoms with E-state index in [1.54, 1.807) is 57.2 Å². The molecular formula is C20H20FN3O2S. The van der Waals surface area contributed by atoms with Gasteiger partial charge in [0.1, 0.15) is 23.1 Å². The van der Waals surface area contributed by atoms with Crippen LogP contribution in [0.1, 0.15) is 17.0 Å². The van der Waals surface area contributed by atoms with Gasteiger partial charge in [0.2, 0.25) is 0 Å². The summed E-state index contributed by atoms with van der Waals surface area (Å²) in [5.41, 5.74) is 2.58. The van der Waals surface area contributed by atoms with Gasteiger partial charge in [-0.05, 0) is 49.9 Å². The molecule has 0 saturated heterocycles. The Kier molecular flexibility index (Phi) is 5.60. The van der Waals surface area contributed by atoms with Crippen LogP contribution in [0.4, 0.5) is 4.39 Å². The Morgan fingerprint density at radius 3 is 2.63 bits per heavy atom. The molecule has 7 heteroatoms. The second kappa shape index (κ2) is 7.92. The number of thioether (sulfide) groups is 1. The molecule has 27 heavy (non-hydrogen) atoms. The van der Waals surface area contributed by atoms with Gasteiger partial charge in [-0.2, -0.15) is 11.8 Å². The van der Waals surface area contributed by atoms with Gasteiger partial charge in [0.05, 0.1) is 11.9 Å². The minimum Gasteiger partial charge on any atom is -0.453 e. The van der Waals surface area contributed by atoms with Gasteiger partial charge in [-0.15, -0.1) is 0 Å². The predicted molar refractivity (Wildman–Crippen MR) is 106 cm³/mol. The van der Waals surface area contributed by atoms with E-state index < -0.39 is 0 Å². The first-order valence-corrected chi connectivity index (χ1v) is 9.75. The van der Waals surface area contributed by atoms with Gasteiger partial charge in [-0.3, -0.25) is 4.79 Å². The van der Waals surface area contributed by atoms with Crippen LogP contribution in [-0.4, -0.2) is 20.8 Å². The van der Waals surface area contributed by atoms with Gasteiger partial charge in [-0.1, -0.05) is 0 Å². The van der Waals surface area contributed by atoms with Crippen molar-refractivity contribution < 1.29 is 9.13 Å². The third kappa shape index (κ3) is 4.19. The molecule has 0 unspecified atom stereocenters. The van der Waals surface area contributed by atoms with E-state index in [2.05, 4.69) is 9.97 Å². The van der Waals surface area contributed by atoms with E-state index in [-0.39, 0.29) is 11.4 Å². The van der Waals surface area contributed by atoms with Crippen molar-refractivity contribution in [2.75, 3.05) is 6.26 Å². The summed E-state index contributed by atoms with van der Waals surface area (Å²) in [5.74, 6) is 1.99. The van der Waals surface area contributed by atoms with Gasteiger partial charge in [0, 0.05) is 24.4 Å². The molecule has 0 amide bonds. The van der Waals surface area contributed by atoms with Crippen molar-refractivity contribution in [1.82, 2.24) is 14.5 Å². The summed E-state index contributed by atoms with van der Waals surface area (Å²) in [5, 5.41) is 0. The maximum Gasteiger partial charge on any atom is 0.253 e. The number of ether oxygens (including phenoxy) is 1. The van der Waals surface area contributed by atoms with Crippen LogP contribution in [0.15, 0.2) is 41.5 Å². The molecule has 0 saturated carbocycles. The summed E-state index contributed by atoms with van der Waals surface area (Å²) >= 11 is 1.62. The van der Waals surface area contributed by atoms with E-state index in [4.69, 9.17) is 4.74 Å². The molecule has 0 N–H and O–H groups in total. The van der Waals surface area contributed by atoms with Crippen LogP contribution in [-0.2, 0) is 12.8 Å². The molecule has 0 spiro atoms. The minimum absolute atomic E-state index is 0.0611. The van der Waals surface area contributed by atoms with E-state index in [1.807, 2.05) is 6.26 Å². The molecule has 0 aliphatic heterocycles. The number of aromatic nitrogens is 3. The van der Waals surface area contributed by atoms with Crippen molar-refractivity contribution >= 4 is 11.8 Å². The molecule has 0 fully saturated rings. The van der Waals surface area contributed by atoms with Crippen LogP contribution in [0.25, 0.3) is 11.3 Å². The lowest BCUT2D eigenvalue weighted by atomic mass is 10.1. The lowest BCUT2D eigenvalue weighted by Crippen LogP contribution is -2.18. The highest BCUT2D eigenvalue weighted by molar-refractivity contribution is 7.97. The summed E-state index contributed by atoms with van der Waals surface area (Å²) in [6, 6.07) is 6.13. The molecule has 0 bridgehead atoms. The molecular weight excluding hydrogens is 365 g/mol. The van der Waals surface area contributed by atoms with Gasteiger partial charge in [0.15, 0.2) is 5.75 Å². The molecule has 0 atom stereocenters. The normalized spacial score (nSPS) is 10.9. The van der Waals surface area contributed by atoms with E-state index in [0.717, 1.165) is 5.56 Å². The van der Waals surface area contributed by atoms with Gasteiger partial charge >= 0.3 is 0 Å². The largest absolute Gasteiger partial charge is 0.453 e. The monoisotopic (exact) mass is 385 g/mol. The highest BCUT2D eigenvalue weighted by Crippen LogP contribution is 2.33. The van der Waals surface area contributed by atoms with E-state index >= 15 is 0 Å². The smallest absolute Gasteiger partial charge is 0.253 e. The Bertz CT molecular complexity index is 1020. The molecule has 5 nitrogen and oxygen atoms in total. The third-order valence-corrected chi connectivity index (χ3v) is 4.62. The van der Waals surface area contributed by atoms with Gasteiger partial charge < -0.3 is 9.30 Å². The lowest BCUT2D eigenvalue weighted by Gasteiger charge is -2.14. The Balaban J connectivity index is 2.12. The summed E-state index contributed by atoms with van der Waals surface area (Å²) in [4.78, 5) is 21.0. The maximum absolute atomic E-state index is 13.4. The first-order valence-electron chi connectivity index (χ1n) is 8.35. The number of aryl methyl sites for hydroxylation is 3. The zero-order valence-corrected chi connectivity index (χ0v) is 16.4. The fraction of sp³-hybridized carbons (Fsp3) is 0.250. The molecule has 0 aliphatic rings. The number of rotatable bonds is 5. The number of hydrogen-bond acceptors (Lipinski definition) is 5. The second-order valence-corrected chi connectivity index (χ2v) is 7.14. The predicted octanol–water partition coefficient (Wildman–Crippen LogP) is 4.25. The molecule has 2 heterocycles. The lowest BCUT2D eigenvalue weighted by molar-refractivity contribution is 0.473. The highest BCUT2D eigenvalue weighted by Gasteiger charge is 2.15. The van der Waals surface area contributed by atoms with Crippen molar-refractivity contribution in [3.63, 3.8) is 0 Å². The average molecular weight is 385 g/mol. The Hall–Kier alpha value is -2.67. The Labute approximate surface area is 161 Å². The standard InChI is InChI=1S/C20H20FN3O2S/c1-12-8-15(21)5-6-16(12)26-17-9-22-18(11-27-4)23-19(17)14-7-13(2)20(25)24(3)10-14/h5-10H,11H2,1-4H3. The summed E-state index contributed by atoms with van der Waals surface area (Å²) in [6.07, 6.45) is 5.33. The highest BCUT2D eigenvalue weighted by atomic mass is 32.2. The number of halogens is 1. The zero-order chi connectivity index (χ0) is 19.6. The average Bonchev–Trinajstić information content (AvgIpc) is 2.63. The van der Waals surface area contributed by atoms with Crippen LogP contribution in [0, 0.1) is 19.7 Å². The molecule has 3 aromatic rings.